The molecular formula is C20H24N2O5S. The van der Waals surface area contributed by atoms with Crippen molar-refractivity contribution >= 4 is 15.9 Å². The molecule has 0 bridgehead atoms. The molecule has 0 spiro atoms. The molecule has 0 heterocycles. The average molecular weight is 404 g/mol. The van der Waals surface area contributed by atoms with Crippen LogP contribution < -0.4 is 19.7 Å². The van der Waals surface area contributed by atoms with E-state index in [1.54, 1.807) is 24.3 Å². The molecule has 0 saturated heterocycles. The summed E-state index contributed by atoms with van der Waals surface area (Å²) in [5.41, 5.74) is 4.70. The largest absolute Gasteiger partial charge is 0.493 e. The van der Waals surface area contributed by atoms with Gasteiger partial charge in [0.25, 0.3) is 15.9 Å². The molecule has 0 atom stereocenters. The van der Waals surface area contributed by atoms with E-state index in [-0.39, 0.29) is 16.6 Å². The van der Waals surface area contributed by atoms with Gasteiger partial charge in [-0.1, -0.05) is 6.07 Å². The number of rotatable bonds is 7. The molecule has 0 aliphatic heterocycles. The van der Waals surface area contributed by atoms with Gasteiger partial charge in [-0.15, -0.1) is 4.83 Å². The lowest BCUT2D eigenvalue weighted by atomic mass is 10.1. The summed E-state index contributed by atoms with van der Waals surface area (Å²) < 4.78 is 35.9. The zero-order valence-electron chi connectivity index (χ0n) is 16.1. The molecular weight excluding hydrogens is 380 g/mol. The Labute approximate surface area is 165 Å². The van der Waals surface area contributed by atoms with Crippen molar-refractivity contribution in [2.45, 2.75) is 44.1 Å². The maximum absolute atomic E-state index is 12.5. The number of sulfonamides is 1. The summed E-state index contributed by atoms with van der Waals surface area (Å²) in [4.78, 5) is 14.7. The van der Waals surface area contributed by atoms with E-state index in [0.717, 1.165) is 24.8 Å². The Hall–Kier alpha value is -2.58. The van der Waals surface area contributed by atoms with Crippen LogP contribution in [0.2, 0.25) is 0 Å². The Morgan fingerprint density at radius 1 is 1.04 bits per heavy atom. The van der Waals surface area contributed by atoms with Crippen LogP contribution in [0.4, 0.5) is 0 Å². The smallest absolute Gasteiger partial charge is 0.266 e. The Balaban J connectivity index is 1.71. The molecule has 0 saturated carbocycles. The summed E-state index contributed by atoms with van der Waals surface area (Å²) >= 11 is 0. The topological polar surface area (TPSA) is 93.7 Å². The third-order valence-electron chi connectivity index (χ3n) is 4.47. The molecule has 28 heavy (non-hydrogen) atoms. The van der Waals surface area contributed by atoms with Crippen LogP contribution in [0.3, 0.4) is 0 Å². The van der Waals surface area contributed by atoms with Crippen molar-refractivity contribution in [3.8, 4) is 11.5 Å². The van der Waals surface area contributed by atoms with Crippen LogP contribution in [-0.2, 0) is 22.9 Å². The Kier molecular flexibility index (Phi) is 5.90. The van der Waals surface area contributed by atoms with Gasteiger partial charge in [-0.25, -0.2) is 8.42 Å². The minimum Gasteiger partial charge on any atom is -0.493 e. The van der Waals surface area contributed by atoms with Gasteiger partial charge < -0.3 is 9.47 Å². The molecule has 7 nitrogen and oxygen atoms in total. The fourth-order valence-electron chi connectivity index (χ4n) is 3.12. The molecule has 2 aromatic rings. The average Bonchev–Trinajstić information content (AvgIpc) is 3.14. The second-order valence-electron chi connectivity index (χ2n) is 6.88. The number of hydrazine groups is 1. The van der Waals surface area contributed by atoms with Gasteiger partial charge in [0, 0.05) is 5.56 Å². The van der Waals surface area contributed by atoms with Crippen LogP contribution in [0.25, 0.3) is 0 Å². The number of hydrogen-bond donors (Lipinski definition) is 2. The molecule has 0 unspecified atom stereocenters. The van der Waals surface area contributed by atoms with E-state index < -0.39 is 15.9 Å². The molecule has 8 heteroatoms. The highest BCUT2D eigenvalue weighted by atomic mass is 32.2. The summed E-state index contributed by atoms with van der Waals surface area (Å²) in [6, 6.07) is 9.70. The van der Waals surface area contributed by atoms with Crippen LogP contribution in [0.5, 0.6) is 11.5 Å². The van der Waals surface area contributed by atoms with Gasteiger partial charge in [0.2, 0.25) is 0 Å². The van der Waals surface area contributed by atoms with Crippen LogP contribution in [-0.4, -0.2) is 27.5 Å². The quantitative estimate of drug-likeness (QED) is 0.692. The van der Waals surface area contributed by atoms with E-state index >= 15 is 0 Å². The first kappa shape index (κ1) is 20.2. The minimum atomic E-state index is -3.86. The van der Waals surface area contributed by atoms with Gasteiger partial charge >= 0.3 is 0 Å². The summed E-state index contributed by atoms with van der Waals surface area (Å²) in [5.74, 6) is 0.301. The lowest BCUT2D eigenvalue weighted by molar-refractivity contribution is 0.0944. The van der Waals surface area contributed by atoms with E-state index in [1.807, 2.05) is 19.9 Å². The van der Waals surface area contributed by atoms with Crippen LogP contribution >= 0.6 is 0 Å². The Morgan fingerprint density at radius 3 is 2.50 bits per heavy atom. The van der Waals surface area contributed by atoms with E-state index in [2.05, 4.69) is 10.3 Å². The van der Waals surface area contributed by atoms with Gasteiger partial charge in [-0.05, 0) is 74.6 Å². The van der Waals surface area contributed by atoms with Crippen LogP contribution in [0, 0.1) is 0 Å². The number of aryl methyl sites for hydroxylation is 2. The number of carbonyl (C=O) groups is 1. The van der Waals surface area contributed by atoms with Gasteiger partial charge in [0.05, 0.1) is 18.1 Å². The molecule has 0 aromatic heterocycles. The molecule has 1 amide bonds. The summed E-state index contributed by atoms with van der Waals surface area (Å²) in [7, 11) is -2.39. The number of carbonyl (C=O) groups excluding carboxylic acids is 1. The molecule has 2 N–H and O–H groups in total. The maximum atomic E-state index is 12.5. The molecule has 3 rings (SSSR count). The second kappa shape index (κ2) is 8.20. The van der Waals surface area contributed by atoms with Crippen LogP contribution in [0.1, 0.15) is 41.8 Å². The van der Waals surface area contributed by atoms with Crippen molar-refractivity contribution in [2.75, 3.05) is 7.11 Å². The summed E-state index contributed by atoms with van der Waals surface area (Å²) in [6.45, 7) is 3.77. The van der Waals surface area contributed by atoms with Crippen molar-refractivity contribution in [1.29, 1.82) is 0 Å². The molecule has 1 aliphatic carbocycles. The van der Waals surface area contributed by atoms with E-state index in [9.17, 15) is 13.2 Å². The lowest BCUT2D eigenvalue weighted by Crippen LogP contribution is -2.41. The first-order chi connectivity index (χ1) is 13.3. The highest BCUT2D eigenvalue weighted by Crippen LogP contribution is 2.29. The first-order valence-corrected chi connectivity index (χ1v) is 10.6. The molecule has 0 fully saturated rings. The normalized spacial score (nSPS) is 13.3. The number of amides is 1. The summed E-state index contributed by atoms with van der Waals surface area (Å²) in [6.07, 6.45) is 2.82. The fourth-order valence-corrected chi connectivity index (χ4v) is 4.01. The molecule has 150 valence electrons. The number of nitrogens with one attached hydrogen (secondary N) is 2. The number of benzene rings is 2. The number of ether oxygens (including phenoxy) is 2. The Morgan fingerprint density at radius 2 is 1.79 bits per heavy atom. The van der Waals surface area contributed by atoms with E-state index in [4.69, 9.17) is 9.47 Å². The SMILES string of the molecule is COc1cc(C(=O)NNS(=O)(=O)c2ccc3c(c2)CCC3)ccc1OC(C)C. The predicted molar refractivity (Wildman–Crippen MR) is 105 cm³/mol. The van der Waals surface area contributed by atoms with Gasteiger partial charge in [-0.2, -0.15) is 0 Å². The van der Waals surface area contributed by atoms with Crippen molar-refractivity contribution < 1.29 is 22.7 Å². The highest BCUT2D eigenvalue weighted by molar-refractivity contribution is 7.89. The highest BCUT2D eigenvalue weighted by Gasteiger charge is 2.20. The Bertz CT molecular complexity index is 986. The maximum Gasteiger partial charge on any atom is 0.266 e. The minimum absolute atomic E-state index is 0.0484. The zero-order chi connectivity index (χ0) is 20.3. The molecule has 1 aliphatic rings. The second-order valence-corrected chi connectivity index (χ2v) is 8.56. The summed E-state index contributed by atoms with van der Waals surface area (Å²) in [5, 5.41) is 0. The van der Waals surface area contributed by atoms with Crippen molar-refractivity contribution in [2.24, 2.45) is 0 Å². The third kappa shape index (κ3) is 4.45. The van der Waals surface area contributed by atoms with Gasteiger partial charge in [-0.3, -0.25) is 10.2 Å². The molecule has 2 aromatic carbocycles. The number of methoxy groups -OCH3 is 1. The van der Waals surface area contributed by atoms with Crippen molar-refractivity contribution in [1.82, 2.24) is 10.3 Å². The third-order valence-corrected chi connectivity index (χ3v) is 5.71. The van der Waals surface area contributed by atoms with Crippen molar-refractivity contribution in [3.05, 3.63) is 53.1 Å². The molecule has 0 radical (unpaired) electrons. The standard InChI is InChI=1S/C20H24N2O5S/c1-13(2)27-18-10-8-16(12-19(18)26-3)20(23)21-22-28(24,25)17-9-7-14-5-4-6-15(14)11-17/h7-13,22H,4-6H2,1-3H3,(H,21,23). The lowest BCUT2D eigenvalue weighted by Gasteiger charge is -2.14. The van der Waals surface area contributed by atoms with Gasteiger partial charge in [0.1, 0.15) is 0 Å². The predicted octanol–water partition coefficient (Wildman–Crippen LogP) is 2.59. The fraction of sp³-hybridized carbons (Fsp3) is 0.350. The zero-order valence-corrected chi connectivity index (χ0v) is 16.9. The van der Waals surface area contributed by atoms with Crippen molar-refractivity contribution in [3.63, 3.8) is 0 Å². The number of hydrogen-bond acceptors (Lipinski definition) is 5. The van der Waals surface area contributed by atoms with E-state index in [1.165, 1.54) is 18.7 Å². The van der Waals surface area contributed by atoms with E-state index in [0.29, 0.717) is 11.5 Å². The van der Waals surface area contributed by atoms with Gasteiger partial charge in [0.15, 0.2) is 11.5 Å². The monoisotopic (exact) mass is 404 g/mol. The number of fused-ring (bicyclic) bond motifs is 1. The van der Waals surface area contributed by atoms with Crippen LogP contribution in [0.15, 0.2) is 41.3 Å². The first-order valence-electron chi connectivity index (χ1n) is 9.09.